The smallest absolute Gasteiger partial charge is 0.0212 e. The second kappa shape index (κ2) is 13.9. The van der Waals surface area contributed by atoms with Gasteiger partial charge in [0.25, 0.3) is 0 Å². The van der Waals surface area contributed by atoms with Crippen molar-refractivity contribution < 1.29 is 0 Å². The van der Waals surface area contributed by atoms with E-state index in [0.717, 1.165) is 29.3 Å². The topological polar surface area (TPSA) is 0 Å². The fraction of sp³-hybridized carbons (Fsp3) is 1.00. The monoisotopic (exact) mass is 436 g/mol. The molecule has 1 saturated carbocycles. The predicted octanol–water partition coefficient (Wildman–Crippen LogP) is 10.3. The lowest BCUT2D eigenvalue weighted by Gasteiger charge is -2.47. The van der Waals surface area contributed by atoms with Gasteiger partial charge in [0, 0.05) is 0 Å². The van der Waals surface area contributed by atoms with Crippen molar-refractivity contribution in [3.8, 4) is 0 Å². The summed E-state index contributed by atoms with van der Waals surface area (Å²) in [6.07, 6.45) is 25.6. The molecule has 0 bridgehead atoms. The quantitative estimate of drug-likeness (QED) is 0.299. The van der Waals surface area contributed by atoms with Gasteiger partial charge in [-0.3, -0.25) is 0 Å². The fourth-order valence-corrected chi connectivity index (χ4v) is 10.5. The molecule has 2 aliphatic rings. The van der Waals surface area contributed by atoms with E-state index in [0.29, 0.717) is 5.41 Å². The Hall–Kier alpha value is 0.430. The molecule has 0 spiro atoms. The van der Waals surface area contributed by atoms with Crippen molar-refractivity contribution in [1.82, 2.24) is 0 Å². The highest BCUT2D eigenvalue weighted by molar-refractivity contribution is 7.58. The highest BCUT2D eigenvalue weighted by atomic mass is 31.1. The van der Waals surface area contributed by atoms with E-state index in [1.807, 2.05) is 0 Å². The zero-order valence-electron chi connectivity index (χ0n) is 21.9. The van der Waals surface area contributed by atoms with Crippen LogP contribution in [0.25, 0.3) is 0 Å². The molecule has 2 rings (SSSR count). The van der Waals surface area contributed by atoms with Crippen LogP contribution in [0.4, 0.5) is 0 Å². The molecule has 178 valence electrons. The molecule has 1 saturated heterocycles. The molecular formula is C29H57P. The standard InChI is InChI=1S/C29H57P/c1-7-14-25(5)23-30-22-21-29(6,20-13-15-24(3)4)28(26-16-12-17-26)19-11-9-10-18-27(30)8-2/h24-28H,7-23H2,1-6H3. The van der Waals surface area contributed by atoms with Gasteiger partial charge in [-0.2, -0.15) is 0 Å². The first-order valence-corrected chi connectivity index (χ1v) is 15.9. The van der Waals surface area contributed by atoms with E-state index in [4.69, 9.17) is 0 Å². The lowest BCUT2D eigenvalue weighted by molar-refractivity contribution is 0.0465. The Morgan fingerprint density at radius 3 is 2.23 bits per heavy atom. The lowest BCUT2D eigenvalue weighted by atomic mass is 9.59. The Morgan fingerprint density at radius 1 is 0.900 bits per heavy atom. The van der Waals surface area contributed by atoms with E-state index in [2.05, 4.69) is 41.5 Å². The minimum atomic E-state index is 0.219. The molecular weight excluding hydrogens is 379 g/mol. The third-order valence-corrected chi connectivity index (χ3v) is 12.5. The van der Waals surface area contributed by atoms with Crippen LogP contribution >= 0.6 is 7.92 Å². The summed E-state index contributed by atoms with van der Waals surface area (Å²) in [6, 6.07) is 0. The van der Waals surface area contributed by atoms with E-state index in [-0.39, 0.29) is 7.92 Å². The fourth-order valence-electron chi connectivity index (χ4n) is 6.78. The third kappa shape index (κ3) is 8.41. The maximum absolute atomic E-state index is 2.76. The van der Waals surface area contributed by atoms with Gasteiger partial charge >= 0.3 is 0 Å². The summed E-state index contributed by atoms with van der Waals surface area (Å²) in [6.45, 7) is 15.0. The molecule has 0 aromatic rings. The maximum atomic E-state index is 2.76. The summed E-state index contributed by atoms with van der Waals surface area (Å²) < 4.78 is 0. The van der Waals surface area contributed by atoms with E-state index in [1.165, 1.54) is 64.2 Å². The largest absolute Gasteiger partial charge is 0.103 e. The van der Waals surface area contributed by atoms with Crippen LogP contribution in [-0.2, 0) is 0 Å². The summed E-state index contributed by atoms with van der Waals surface area (Å²) in [7, 11) is 0.219. The molecule has 0 amide bonds. The SMILES string of the molecule is CCCC(C)CP1CCC(C)(CCCC(C)C)C(C2CCC2)CCCCCC1CC. The molecule has 1 aliphatic heterocycles. The van der Waals surface area contributed by atoms with Crippen LogP contribution in [-0.4, -0.2) is 18.0 Å². The molecule has 0 aromatic carbocycles. The van der Waals surface area contributed by atoms with Crippen molar-refractivity contribution in [2.24, 2.45) is 29.1 Å². The van der Waals surface area contributed by atoms with Crippen molar-refractivity contribution in [2.45, 2.75) is 144 Å². The van der Waals surface area contributed by atoms with Crippen LogP contribution in [0.15, 0.2) is 0 Å². The molecule has 1 heterocycles. The van der Waals surface area contributed by atoms with E-state index < -0.39 is 0 Å². The van der Waals surface area contributed by atoms with Gasteiger partial charge < -0.3 is 0 Å². The second-order valence-corrected chi connectivity index (χ2v) is 14.8. The Labute approximate surface area is 192 Å². The van der Waals surface area contributed by atoms with Gasteiger partial charge in [-0.1, -0.05) is 106 Å². The first kappa shape index (κ1) is 26.7. The Bertz CT molecular complexity index is 440. The predicted molar refractivity (Wildman–Crippen MR) is 140 cm³/mol. The van der Waals surface area contributed by atoms with Crippen molar-refractivity contribution in [1.29, 1.82) is 0 Å². The Kier molecular flexibility index (Phi) is 12.3. The van der Waals surface area contributed by atoms with E-state index >= 15 is 0 Å². The zero-order valence-corrected chi connectivity index (χ0v) is 22.7. The van der Waals surface area contributed by atoms with Crippen LogP contribution in [0.3, 0.4) is 0 Å². The first-order chi connectivity index (χ1) is 14.4. The molecule has 2 fully saturated rings. The van der Waals surface area contributed by atoms with E-state index in [1.54, 1.807) is 44.4 Å². The number of hydrogen-bond donors (Lipinski definition) is 0. The van der Waals surface area contributed by atoms with Crippen molar-refractivity contribution in [3.05, 3.63) is 0 Å². The molecule has 30 heavy (non-hydrogen) atoms. The summed E-state index contributed by atoms with van der Waals surface area (Å²) in [5.41, 5.74) is 1.68. The molecule has 0 aromatic heterocycles. The number of hydrogen-bond acceptors (Lipinski definition) is 0. The van der Waals surface area contributed by atoms with Crippen molar-refractivity contribution in [3.63, 3.8) is 0 Å². The zero-order chi connectivity index (χ0) is 22.0. The third-order valence-electron chi connectivity index (χ3n) is 8.98. The van der Waals surface area contributed by atoms with Gasteiger partial charge in [0.15, 0.2) is 0 Å². The van der Waals surface area contributed by atoms with Gasteiger partial charge in [0.05, 0.1) is 0 Å². The summed E-state index contributed by atoms with van der Waals surface area (Å²) in [4.78, 5) is 0. The van der Waals surface area contributed by atoms with Crippen LogP contribution in [0, 0.1) is 29.1 Å². The normalized spacial score (nSPS) is 33.1. The number of rotatable bonds is 10. The summed E-state index contributed by atoms with van der Waals surface area (Å²) in [5, 5.41) is 0. The average Bonchev–Trinajstić information content (AvgIpc) is 2.67. The molecule has 0 radical (unpaired) electrons. The van der Waals surface area contributed by atoms with Crippen molar-refractivity contribution >= 4 is 7.92 Å². The molecule has 1 heteroatoms. The van der Waals surface area contributed by atoms with Crippen molar-refractivity contribution in [2.75, 3.05) is 12.3 Å². The molecule has 5 atom stereocenters. The van der Waals surface area contributed by atoms with E-state index in [9.17, 15) is 0 Å². The highest BCUT2D eigenvalue weighted by Crippen LogP contribution is 2.55. The van der Waals surface area contributed by atoms with Gasteiger partial charge in [0.1, 0.15) is 0 Å². The van der Waals surface area contributed by atoms with Crippen LogP contribution in [0.5, 0.6) is 0 Å². The molecule has 0 nitrogen and oxygen atoms in total. The van der Waals surface area contributed by atoms with Crippen LogP contribution in [0.2, 0.25) is 0 Å². The molecule has 1 aliphatic carbocycles. The van der Waals surface area contributed by atoms with Gasteiger partial charge in [-0.05, 0) is 79.2 Å². The van der Waals surface area contributed by atoms with Gasteiger partial charge in [-0.15, -0.1) is 7.92 Å². The van der Waals surface area contributed by atoms with Crippen LogP contribution in [0.1, 0.15) is 138 Å². The Morgan fingerprint density at radius 2 is 1.63 bits per heavy atom. The first-order valence-electron chi connectivity index (χ1n) is 14.1. The summed E-state index contributed by atoms with van der Waals surface area (Å²) >= 11 is 0. The lowest BCUT2D eigenvalue weighted by Crippen LogP contribution is -2.37. The average molecular weight is 437 g/mol. The molecule has 5 unspecified atom stereocenters. The van der Waals surface area contributed by atoms with Crippen LogP contribution < -0.4 is 0 Å². The second-order valence-electron chi connectivity index (χ2n) is 12.1. The highest BCUT2D eigenvalue weighted by Gasteiger charge is 2.41. The minimum absolute atomic E-state index is 0.219. The van der Waals surface area contributed by atoms with Gasteiger partial charge in [-0.25, -0.2) is 0 Å². The minimum Gasteiger partial charge on any atom is -0.103 e. The Balaban J connectivity index is 2.17. The molecule has 0 N–H and O–H groups in total. The maximum Gasteiger partial charge on any atom is -0.0212 e. The summed E-state index contributed by atoms with van der Waals surface area (Å²) in [5.74, 6) is 3.92. The van der Waals surface area contributed by atoms with Gasteiger partial charge in [0.2, 0.25) is 0 Å².